The summed E-state index contributed by atoms with van der Waals surface area (Å²) in [5.41, 5.74) is -1.12. The first-order chi connectivity index (χ1) is 14.9. The number of carbonyl (C=O) groups excluding carboxylic acids is 1. The number of anilines is 2. The molecule has 174 valence electrons. The summed E-state index contributed by atoms with van der Waals surface area (Å²) < 4.78 is 79.3. The molecule has 0 saturated carbocycles. The summed E-state index contributed by atoms with van der Waals surface area (Å²) in [5.74, 6) is -4.13. The number of rotatable bonds is 2. The molecule has 1 amide bonds. The first-order valence-corrected chi connectivity index (χ1v) is 9.87. The van der Waals surface area contributed by atoms with Gasteiger partial charge in [0.2, 0.25) is 0 Å². The van der Waals surface area contributed by atoms with E-state index in [1.807, 2.05) is 0 Å². The van der Waals surface area contributed by atoms with Crippen LogP contribution in [0.3, 0.4) is 0 Å². The third kappa shape index (κ3) is 3.98. The summed E-state index contributed by atoms with van der Waals surface area (Å²) in [6, 6.07) is 0.777. The molecule has 7 nitrogen and oxygen atoms in total. The number of pyridine rings is 1. The lowest BCUT2D eigenvalue weighted by atomic mass is 9.83. The summed E-state index contributed by atoms with van der Waals surface area (Å²) >= 11 is 5.99. The molecule has 14 heteroatoms. The van der Waals surface area contributed by atoms with Gasteiger partial charge in [-0.2, -0.15) is 31.4 Å². The van der Waals surface area contributed by atoms with Crippen molar-refractivity contribution in [2.24, 2.45) is 0 Å². The normalized spacial score (nSPS) is 22.6. The predicted octanol–water partition coefficient (Wildman–Crippen LogP) is 3.82. The highest BCUT2D eigenvalue weighted by molar-refractivity contribution is 6.33. The number of nitrogens with zero attached hydrogens (tertiary/aromatic N) is 3. The zero-order chi connectivity index (χ0) is 23.4. The van der Waals surface area contributed by atoms with Crippen LogP contribution in [0.15, 0.2) is 12.3 Å². The third-order valence-electron chi connectivity index (χ3n) is 5.67. The topological polar surface area (TPSA) is 94.1 Å². The van der Waals surface area contributed by atoms with E-state index in [4.69, 9.17) is 11.6 Å². The van der Waals surface area contributed by atoms with Crippen molar-refractivity contribution in [1.82, 2.24) is 15.2 Å². The number of aromatic amines is 1. The molecule has 2 atom stereocenters. The Balaban J connectivity index is 1.55. The van der Waals surface area contributed by atoms with Crippen LogP contribution in [0, 0.1) is 0 Å². The molecule has 2 aromatic heterocycles. The number of piperidine rings is 1. The summed E-state index contributed by atoms with van der Waals surface area (Å²) in [7, 11) is 0. The monoisotopic (exact) mass is 483 g/mol. The van der Waals surface area contributed by atoms with Crippen molar-refractivity contribution in [3.63, 3.8) is 0 Å². The van der Waals surface area contributed by atoms with Crippen LogP contribution in [0.1, 0.15) is 41.5 Å². The van der Waals surface area contributed by atoms with Gasteiger partial charge in [-0.25, -0.2) is 4.98 Å². The number of fused-ring (bicyclic) bond motifs is 1. The van der Waals surface area contributed by atoms with Crippen LogP contribution in [-0.2, 0) is 11.0 Å². The van der Waals surface area contributed by atoms with Crippen LogP contribution in [0.5, 0.6) is 0 Å². The Morgan fingerprint density at radius 2 is 1.81 bits per heavy atom. The smallest absolute Gasteiger partial charge is 0.382 e. The van der Waals surface area contributed by atoms with Crippen molar-refractivity contribution in [3.8, 4) is 0 Å². The van der Waals surface area contributed by atoms with Gasteiger partial charge >= 0.3 is 12.4 Å². The van der Waals surface area contributed by atoms with E-state index in [-0.39, 0.29) is 41.0 Å². The summed E-state index contributed by atoms with van der Waals surface area (Å²) in [6.45, 7) is 0.532. The van der Waals surface area contributed by atoms with Crippen LogP contribution in [-0.4, -0.2) is 51.6 Å². The standard InChI is InChI=1S/C18H16ClF6N5O2/c19-9-5-8(17(20,21)22)6-26-15(9)30-3-1-7(2-4-30)12-10-11(18(23,24)25)13(31)16(32)27-14(10)29-28-12/h5-7,11,13,31H,1-4H2,(H2,27,28,29,32)/t11-,13-/m0/s1. The number of alkyl halides is 6. The average molecular weight is 484 g/mol. The van der Waals surface area contributed by atoms with E-state index in [0.29, 0.717) is 19.0 Å². The molecule has 0 radical (unpaired) electrons. The van der Waals surface area contributed by atoms with Crippen molar-refractivity contribution >= 4 is 29.1 Å². The van der Waals surface area contributed by atoms with Gasteiger partial charge in [0.25, 0.3) is 5.91 Å². The molecular weight excluding hydrogens is 468 g/mol. The molecule has 0 aliphatic carbocycles. The van der Waals surface area contributed by atoms with Crippen molar-refractivity contribution in [2.75, 3.05) is 23.3 Å². The minimum atomic E-state index is -4.87. The quantitative estimate of drug-likeness (QED) is 0.565. The van der Waals surface area contributed by atoms with Crippen molar-refractivity contribution in [2.45, 2.75) is 43.1 Å². The van der Waals surface area contributed by atoms with Gasteiger partial charge in [-0.15, -0.1) is 0 Å². The molecule has 4 heterocycles. The highest BCUT2D eigenvalue weighted by Gasteiger charge is 2.54. The molecule has 1 saturated heterocycles. The lowest BCUT2D eigenvalue weighted by Gasteiger charge is -2.35. The number of hydrogen-bond donors (Lipinski definition) is 3. The number of aromatic nitrogens is 3. The van der Waals surface area contributed by atoms with Gasteiger partial charge < -0.3 is 15.3 Å². The third-order valence-corrected chi connectivity index (χ3v) is 5.95. The predicted molar refractivity (Wildman–Crippen MR) is 100 cm³/mol. The maximum atomic E-state index is 13.6. The molecule has 0 bridgehead atoms. The first kappa shape index (κ1) is 22.6. The average Bonchev–Trinajstić information content (AvgIpc) is 3.10. The second kappa shape index (κ2) is 7.80. The number of halogens is 7. The molecule has 2 aromatic rings. The van der Waals surface area contributed by atoms with Gasteiger partial charge in [-0.3, -0.25) is 9.89 Å². The highest BCUT2D eigenvalue weighted by Crippen LogP contribution is 2.47. The van der Waals surface area contributed by atoms with E-state index in [1.165, 1.54) is 0 Å². The molecule has 0 spiro atoms. The Kier molecular flexibility index (Phi) is 5.52. The summed E-state index contributed by atoms with van der Waals surface area (Å²) in [4.78, 5) is 17.2. The molecular formula is C18H16ClF6N5O2. The zero-order valence-electron chi connectivity index (χ0n) is 16.1. The Bertz CT molecular complexity index is 1030. The largest absolute Gasteiger partial charge is 0.417 e. The lowest BCUT2D eigenvalue weighted by molar-refractivity contribution is -0.177. The van der Waals surface area contributed by atoms with E-state index in [0.717, 1.165) is 6.07 Å². The summed E-state index contributed by atoms with van der Waals surface area (Å²) in [5, 5.41) is 18.2. The lowest BCUT2D eigenvalue weighted by Crippen LogP contribution is -2.44. The van der Waals surface area contributed by atoms with E-state index in [1.54, 1.807) is 4.90 Å². The number of H-pyrrole nitrogens is 1. The molecule has 4 rings (SSSR count). The fourth-order valence-corrected chi connectivity index (χ4v) is 4.41. The van der Waals surface area contributed by atoms with Crippen molar-refractivity contribution < 1.29 is 36.2 Å². The second-order valence-electron chi connectivity index (χ2n) is 7.64. The van der Waals surface area contributed by atoms with Crippen molar-refractivity contribution in [3.05, 3.63) is 34.1 Å². The maximum Gasteiger partial charge on any atom is 0.417 e. The van der Waals surface area contributed by atoms with E-state index in [2.05, 4.69) is 20.5 Å². The molecule has 0 aromatic carbocycles. The Labute approximate surface area is 181 Å². The van der Waals surface area contributed by atoms with Crippen LogP contribution in [0.2, 0.25) is 5.02 Å². The molecule has 32 heavy (non-hydrogen) atoms. The van der Waals surface area contributed by atoms with Gasteiger partial charge in [0, 0.05) is 36.5 Å². The molecule has 1 fully saturated rings. The van der Waals surface area contributed by atoms with Crippen LogP contribution in [0.25, 0.3) is 0 Å². The Morgan fingerprint density at radius 3 is 2.38 bits per heavy atom. The maximum absolute atomic E-state index is 13.6. The minimum Gasteiger partial charge on any atom is -0.382 e. The molecule has 2 aliphatic heterocycles. The number of nitrogens with one attached hydrogen (secondary N) is 2. The molecule has 2 aliphatic rings. The van der Waals surface area contributed by atoms with Gasteiger partial charge in [0.1, 0.15) is 17.8 Å². The van der Waals surface area contributed by atoms with Gasteiger partial charge in [-0.05, 0) is 18.9 Å². The summed E-state index contributed by atoms with van der Waals surface area (Å²) in [6.07, 6.45) is -10.4. The van der Waals surface area contributed by atoms with Gasteiger partial charge in [0.05, 0.1) is 10.6 Å². The minimum absolute atomic E-state index is 0.153. The number of amides is 1. The molecule has 0 unspecified atom stereocenters. The SMILES string of the molecule is O=C1Nc2n[nH]c(C3CCN(c4ncc(C(F)(F)F)cc4Cl)CC3)c2[C@H](C(F)(F)F)[C@@H]1O. The fourth-order valence-electron chi connectivity index (χ4n) is 4.13. The number of hydrogen-bond acceptors (Lipinski definition) is 5. The number of aliphatic hydroxyl groups excluding tert-OH is 1. The second-order valence-corrected chi connectivity index (χ2v) is 8.05. The van der Waals surface area contributed by atoms with Crippen molar-refractivity contribution in [1.29, 1.82) is 0 Å². The van der Waals surface area contributed by atoms with E-state index >= 15 is 0 Å². The van der Waals surface area contributed by atoms with Gasteiger partial charge in [0.15, 0.2) is 5.82 Å². The Hall–Kier alpha value is -2.54. The van der Waals surface area contributed by atoms with Gasteiger partial charge in [-0.1, -0.05) is 11.6 Å². The number of aliphatic hydroxyl groups is 1. The first-order valence-electron chi connectivity index (χ1n) is 9.49. The van der Waals surface area contributed by atoms with E-state index in [9.17, 15) is 36.2 Å². The van der Waals surface area contributed by atoms with Crippen LogP contribution in [0.4, 0.5) is 38.0 Å². The number of carbonyl (C=O) groups is 1. The highest BCUT2D eigenvalue weighted by atomic mass is 35.5. The fraction of sp³-hybridized carbons (Fsp3) is 0.500. The van der Waals surface area contributed by atoms with Crippen LogP contribution < -0.4 is 10.2 Å². The Morgan fingerprint density at radius 1 is 1.16 bits per heavy atom. The zero-order valence-corrected chi connectivity index (χ0v) is 16.8. The van der Waals surface area contributed by atoms with E-state index < -0.39 is 41.8 Å². The van der Waals surface area contributed by atoms with Crippen LogP contribution >= 0.6 is 11.6 Å². The molecule has 3 N–H and O–H groups in total.